The molecule has 1 heterocycles. The molecule has 1 aliphatic carbocycles. The normalized spacial score (nSPS) is 27.1. The number of likely N-dealkylation sites (tertiary alicyclic amines) is 1. The van der Waals surface area contributed by atoms with Crippen LogP contribution in [0, 0.1) is 17.2 Å². The van der Waals surface area contributed by atoms with Crippen LogP contribution in [0.2, 0.25) is 0 Å². The van der Waals surface area contributed by atoms with Gasteiger partial charge >= 0.3 is 0 Å². The molecule has 0 radical (unpaired) electrons. The standard InChI is InChI=1S/C19H34N4O/c1-3-16(4-2)23-11-10-19(13-20,14-23)22-18(24)17(21)12-15-8-6-5-7-9-15/h15-17H,3-12,14,21H2,1-2H3,(H,22,24). The van der Waals surface area contributed by atoms with Crippen LogP contribution in [-0.4, -0.2) is 41.5 Å². The number of nitrogens with one attached hydrogen (secondary N) is 1. The van der Waals surface area contributed by atoms with E-state index < -0.39 is 11.6 Å². The topological polar surface area (TPSA) is 82.2 Å². The van der Waals surface area contributed by atoms with Crippen LogP contribution in [0.25, 0.3) is 0 Å². The largest absolute Gasteiger partial charge is 0.335 e. The molecule has 1 amide bonds. The molecule has 0 aromatic carbocycles. The summed E-state index contributed by atoms with van der Waals surface area (Å²) in [5, 5.41) is 12.7. The van der Waals surface area contributed by atoms with Gasteiger partial charge in [0.1, 0.15) is 5.54 Å². The lowest BCUT2D eigenvalue weighted by Gasteiger charge is -2.29. The Bertz CT molecular complexity index is 451. The minimum atomic E-state index is -0.760. The molecule has 1 saturated heterocycles. The molecule has 24 heavy (non-hydrogen) atoms. The highest BCUT2D eigenvalue weighted by Crippen LogP contribution is 2.28. The van der Waals surface area contributed by atoms with Crippen molar-refractivity contribution in [3.63, 3.8) is 0 Å². The maximum absolute atomic E-state index is 12.5. The SMILES string of the molecule is CCC(CC)N1CCC(C#N)(NC(=O)C(N)CC2CCCCC2)C1. The second-order valence-corrected chi connectivity index (χ2v) is 7.72. The van der Waals surface area contributed by atoms with E-state index >= 15 is 0 Å². The van der Waals surface area contributed by atoms with Gasteiger partial charge in [-0.25, -0.2) is 0 Å². The first-order valence-corrected chi connectivity index (χ1v) is 9.76. The summed E-state index contributed by atoms with van der Waals surface area (Å²) in [4.78, 5) is 14.9. The highest BCUT2D eigenvalue weighted by Gasteiger charge is 2.42. The van der Waals surface area contributed by atoms with E-state index in [9.17, 15) is 10.1 Å². The number of nitrogens with two attached hydrogens (primary N) is 1. The Morgan fingerprint density at radius 2 is 2.00 bits per heavy atom. The minimum Gasteiger partial charge on any atom is -0.335 e. The van der Waals surface area contributed by atoms with E-state index in [4.69, 9.17) is 5.73 Å². The maximum atomic E-state index is 12.5. The number of rotatable bonds is 7. The van der Waals surface area contributed by atoms with Crippen molar-refractivity contribution in [2.24, 2.45) is 11.7 Å². The van der Waals surface area contributed by atoms with E-state index in [0.29, 0.717) is 24.9 Å². The van der Waals surface area contributed by atoms with Gasteiger partial charge in [-0.15, -0.1) is 0 Å². The molecule has 1 saturated carbocycles. The Balaban J connectivity index is 1.89. The fraction of sp³-hybridized carbons (Fsp3) is 0.895. The molecule has 2 atom stereocenters. The summed E-state index contributed by atoms with van der Waals surface area (Å²) in [5.41, 5.74) is 5.39. The van der Waals surface area contributed by atoms with Crippen molar-refractivity contribution in [2.45, 2.75) is 89.3 Å². The van der Waals surface area contributed by atoms with Crippen molar-refractivity contribution in [1.82, 2.24) is 10.2 Å². The number of nitriles is 1. The maximum Gasteiger partial charge on any atom is 0.238 e. The van der Waals surface area contributed by atoms with Gasteiger partial charge in [-0.1, -0.05) is 46.0 Å². The predicted molar refractivity (Wildman–Crippen MR) is 96.2 cm³/mol. The van der Waals surface area contributed by atoms with Gasteiger partial charge < -0.3 is 11.1 Å². The van der Waals surface area contributed by atoms with Crippen LogP contribution in [0.15, 0.2) is 0 Å². The van der Waals surface area contributed by atoms with E-state index in [1.54, 1.807) is 0 Å². The Kier molecular flexibility index (Phi) is 7.06. The summed E-state index contributed by atoms with van der Waals surface area (Å²) >= 11 is 0. The first kappa shape index (κ1) is 19.2. The van der Waals surface area contributed by atoms with Crippen LogP contribution in [0.1, 0.15) is 71.6 Å². The monoisotopic (exact) mass is 334 g/mol. The summed E-state index contributed by atoms with van der Waals surface area (Å²) in [6, 6.07) is 2.38. The summed E-state index contributed by atoms with van der Waals surface area (Å²) in [5.74, 6) is 0.427. The molecular weight excluding hydrogens is 300 g/mol. The van der Waals surface area contributed by atoms with Gasteiger partial charge in [0.25, 0.3) is 0 Å². The van der Waals surface area contributed by atoms with E-state index in [0.717, 1.165) is 25.8 Å². The lowest BCUT2D eigenvalue weighted by molar-refractivity contribution is -0.124. The molecule has 0 bridgehead atoms. The number of carbonyl (C=O) groups excluding carboxylic acids is 1. The van der Waals surface area contributed by atoms with Crippen molar-refractivity contribution in [1.29, 1.82) is 5.26 Å². The number of carbonyl (C=O) groups is 1. The van der Waals surface area contributed by atoms with Gasteiger partial charge in [0, 0.05) is 19.1 Å². The smallest absolute Gasteiger partial charge is 0.238 e. The van der Waals surface area contributed by atoms with Gasteiger partial charge in [-0.2, -0.15) is 5.26 Å². The number of hydrogen-bond donors (Lipinski definition) is 2. The Hall–Kier alpha value is -1.12. The number of hydrogen-bond acceptors (Lipinski definition) is 4. The third-order valence-electron chi connectivity index (χ3n) is 5.98. The van der Waals surface area contributed by atoms with Crippen molar-refractivity contribution >= 4 is 5.91 Å². The molecule has 2 rings (SSSR count). The van der Waals surface area contributed by atoms with Gasteiger partial charge in [0.2, 0.25) is 5.91 Å². The average molecular weight is 335 g/mol. The van der Waals surface area contributed by atoms with E-state index in [2.05, 4.69) is 30.1 Å². The lowest BCUT2D eigenvalue weighted by Crippen LogP contribution is -2.55. The van der Waals surface area contributed by atoms with Crippen LogP contribution in [0.4, 0.5) is 0 Å². The van der Waals surface area contributed by atoms with E-state index in [1.807, 2.05) is 0 Å². The molecule has 1 aliphatic heterocycles. The molecule has 5 heteroatoms. The Labute approximate surface area is 147 Å². The fourth-order valence-corrected chi connectivity index (χ4v) is 4.39. The molecule has 0 aromatic rings. The van der Waals surface area contributed by atoms with Gasteiger partial charge in [0.15, 0.2) is 0 Å². The molecule has 2 fully saturated rings. The van der Waals surface area contributed by atoms with Crippen LogP contribution in [0.3, 0.4) is 0 Å². The second kappa shape index (κ2) is 8.82. The quantitative estimate of drug-likeness (QED) is 0.749. The second-order valence-electron chi connectivity index (χ2n) is 7.72. The molecule has 0 spiro atoms. The summed E-state index contributed by atoms with van der Waals surface area (Å²) < 4.78 is 0. The minimum absolute atomic E-state index is 0.145. The zero-order chi connectivity index (χ0) is 17.6. The zero-order valence-electron chi connectivity index (χ0n) is 15.4. The summed E-state index contributed by atoms with van der Waals surface area (Å²) in [6.45, 7) is 5.86. The predicted octanol–water partition coefficient (Wildman–Crippen LogP) is 2.56. The molecule has 0 aromatic heterocycles. The van der Waals surface area contributed by atoms with E-state index in [1.165, 1.54) is 32.1 Å². The Morgan fingerprint density at radius 1 is 1.33 bits per heavy atom. The van der Waals surface area contributed by atoms with Crippen LogP contribution in [-0.2, 0) is 4.79 Å². The molecule has 5 nitrogen and oxygen atoms in total. The molecular formula is C19H34N4O. The number of amides is 1. The third kappa shape index (κ3) is 4.70. The third-order valence-corrected chi connectivity index (χ3v) is 5.98. The fourth-order valence-electron chi connectivity index (χ4n) is 4.39. The van der Waals surface area contributed by atoms with Gasteiger partial charge in [-0.05, 0) is 31.6 Å². The van der Waals surface area contributed by atoms with Crippen LogP contribution >= 0.6 is 0 Å². The first-order valence-electron chi connectivity index (χ1n) is 9.76. The highest BCUT2D eigenvalue weighted by molar-refractivity contribution is 5.82. The molecule has 3 N–H and O–H groups in total. The van der Waals surface area contributed by atoms with Crippen molar-refractivity contribution in [2.75, 3.05) is 13.1 Å². The van der Waals surface area contributed by atoms with Crippen LogP contribution in [0.5, 0.6) is 0 Å². The number of nitrogens with zero attached hydrogens (tertiary/aromatic N) is 2. The highest BCUT2D eigenvalue weighted by atomic mass is 16.2. The van der Waals surface area contributed by atoms with Crippen molar-refractivity contribution in [3.05, 3.63) is 0 Å². The molecule has 2 unspecified atom stereocenters. The van der Waals surface area contributed by atoms with Crippen LogP contribution < -0.4 is 11.1 Å². The van der Waals surface area contributed by atoms with Gasteiger partial charge in [0.05, 0.1) is 12.1 Å². The average Bonchev–Trinajstić information content (AvgIpc) is 3.01. The summed E-state index contributed by atoms with van der Waals surface area (Å²) in [6.07, 6.45) is 9.80. The van der Waals surface area contributed by atoms with Crippen molar-refractivity contribution in [3.8, 4) is 6.07 Å². The van der Waals surface area contributed by atoms with Gasteiger partial charge in [-0.3, -0.25) is 9.69 Å². The molecule has 136 valence electrons. The first-order chi connectivity index (χ1) is 11.5. The Morgan fingerprint density at radius 3 is 2.58 bits per heavy atom. The zero-order valence-corrected chi connectivity index (χ0v) is 15.4. The van der Waals surface area contributed by atoms with E-state index in [-0.39, 0.29) is 5.91 Å². The lowest BCUT2D eigenvalue weighted by atomic mass is 9.84. The summed E-state index contributed by atoms with van der Waals surface area (Å²) in [7, 11) is 0. The molecule has 2 aliphatic rings. The van der Waals surface area contributed by atoms with Crippen molar-refractivity contribution < 1.29 is 4.79 Å².